The summed E-state index contributed by atoms with van der Waals surface area (Å²) in [5.74, 6) is -1.10. The SMILES string of the molecule is Cc1ccc(NC(C)(C(N)=O)c2ccccc2F)cc1. The summed E-state index contributed by atoms with van der Waals surface area (Å²) in [6.07, 6.45) is 0. The molecule has 1 amide bonds. The second-order valence-corrected chi connectivity index (χ2v) is 4.96. The lowest BCUT2D eigenvalue weighted by molar-refractivity contribution is -0.122. The van der Waals surface area contributed by atoms with Crippen LogP contribution in [0, 0.1) is 12.7 Å². The predicted molar refractivity (Wildman–Crippen MR) is 77.7 cm³/mol. The van der Waals surface area contributed by atoms with Crippen molar-refractivity contribution in [2.75, 3.05) is 5.32 Å². The summed E-state index contributed by atoms with van der Waals surface area (Å²) >= 11 is 0. The zero-order valence-electron chi connectivity index (χ0n) is 11.5. The first-order valence-electron chi connectivity index (χ1n) is 6.33. The van der Waals surface area contributed by atoms with Crippen molar-refractivity contribution in [3.05, 3.63) is 65.5 Å². The number of hydrogen-bond donors (Lipinski definition) is 2. The van der Waals surface area contributed by atoms with Gasteiger partial charge in [0.25, 0.3) is 0 Å². The number of anilines is 1. The Morgan fingerprint density at radius 1 is 1.15 bits per heavy atom. The molecular weight excluding hydrogens is 255 g/mol. The van der Waals surface area contributed by atoms with Crippen molar-refractivity contribution in [2.45, 2.75) is 19.4 Å². The molecule has 3 nitrogen and oxygen atoms in total. The molecule has 0 aliphatic heterocycles. The van der Waals surface area contributed by atoms with E-state index >= 15 is 0 Å². The first kappa shape index (κ1) is 14.1. The highest BCUT2D eigenvalue weighted by atomic mass is 19.1. The second kappa shape index (κ2) is 5.33. The molecule has 0 fully saturated rings. The lowest BCUT2D eigenvalue weighted by atomic mass is 9.90. The number of amides is 1. The summed E-state index contributed by atoms with van der Waals surface area (Å²) < 4.78 is 14.0. The molecule has 0 radical (unpaired) electrons. The summed E-state index contributed by atoms with van der Waals surface area (Å²) in [7, 11) is 0. The van der Waals surface area contributed by atoms with E-state index in [1.54, 1.807) is 25.1 Å². The topological polar surface area (TPSA) is 55.1 Å². The summed E-state index contributed by atoms with van der Waals surface area (Å²) in [6, 6.07) is 13.6. The summed E-state index contributed by atoms with van der Waals surface area (Å²) in [4.78, 5) is 11.8. The van der Waals surface area contributed by atoms with Gasteiger partial charge in [-0.25, -0.2) is 4.39 Å². The Hall–Kier alpha value is -2.36. The van der Waals surface area contributed by atoms with Crippen LogP contribution in [0.2, 0.25) is 0 Å². The van der Waals surface area contributed by atoms with Gasteiger partial charge in [-0.3, -0.25) is 4.79 Å². The molecule has 2 aromatic carbocycles. The van der Waals surface area contributed by atoms with E-state index in [0.717, 1.165) is 5.56 Å². The van der Waals surface area contributed by atoms with Gasteiger partial charge in [-0.2, -0.15) is 0 Å². The minimum absolute atomic E-state index is 0.230. The van der Waals surface area contributed by atoms with Crippen LogP contribution in [0.3, 0.4) is 0 Å². The van der Waals surface area contributed by atoms with Gasteiger partial charge >= 0.3 is 0 Å². The molecule has 104 valence electrons. The normalized spacial score (nSPS) is 13.6. The molecule has 2 rings (SSSR count). The maximum Gasteiger partial charge on any atom is 0.247 e. The van der Waals surface area contributed by atoms with Crippen LogP contribution in [0.4, 0.5) is 10.1 Å². The Bertz CT molecular complexity index is 625. The fraction of sp³-hybridized carbons (Fsp3) is 0.188. The lowest BCUT2D eigenvalue weighted by Gasteiger charge is -2.29. The van der Waals surface area contributed by atoms with Crippen LogP contribution in [0.25, 0.3) is 0 Å². The van der Waals surface area contributed by atoms with Gasteiger partial charge in [0, 0.05) is 11.3 Å². The smallest absolute Gasteiger partial charge is 0.247 e. The van der Waals surface area contributed by atoms with E-state index in [0.29, 0.717) is 5.69 Å². The van der Waals surface area contributed by atoms with Crippen LogP contribution in [0.1, 0.15) is 18.1 Å². The van der Waals surface area contributed by atoms with Gasteiger partial charge < -0.3 is 11.1 Å². The van der Waals surface area contributed by atoms with Gasteiger partial charge in [-0.05, 0) is 32.0 Å². The molecule has 1 unspecified atom stereocenters. The molecule has 20 heavy (non-hydrogen) atoms. The first-order valence-corrected chi connectivity index (χ1v) is 6.33. The van der Waals surface area contributed by atoms with Gasteiger partial charge in [0.05, 0.1) is 0 Å². The average Bonchev–Trinajstić information content (AvgIpc) is 2.41. The van der Waals surface area contributed by atoms with Crippen molar-refractivity contribution in [3.63, 3.8) is 0 Å². The van der Waals surface area contributed by atoms with Crippen LogP contribution in [-0.2, 0) is 10.3 Å². The number of rotatable bonds is 4. The molecule has 0 aliphatic rings. The number of carbonyl (C=O) groups is 1. The zero-order valence-corrected chi connectivity index (χ0v) is 11.5. The minimum atomic E-state index is -1.30. The number of benzene rings is 2. The van der Waals surface area contributed by atoms with Crippen molar-refractivity contribution >= 4 is 11.6 Å². The molecule has 2 aromatic rings. The van der Waals surface area contributed by atoms with Crippen molar-refractivity contribution in [1.29, 1.82) is 0 Å². The van der Waals surface area contributed by atoms with E-state index in [1.165, 1.54) is 6.07 Å². The van der Waals surface area contributed by atoms with E-state index < -0.39 is 17.3 Å². The standard InChI is InChI=1S/C16H17FN2O/c1-11-7-9-12(10-8-11)19-16(2,15(18)20)13-5-3-4-6-14(13)17/h3-10,19H,1-2H3,(H2,18,20). The molecule has 0 bridgehead atoms. The van der Waals surface area contributed by atoms with Gasteiger partial charge in [0.2, 0.25) is 5.91 Å². The van der Waals surface area contributed by atoms with Crippen LogP contribution < -0.4 is 11.1 Å². The lowest BCUT2D eigenvalue weighted by Crippen LogP contribution is -2.45. The Labute approximate surface area is 117 Å². The third-order valence-electron chi connectivity index (χ3n) is 3.35. The van der Waals surface area contributed by atoms with Crippen LogP contribution >= 0.6 is 0 Å². The van der Waals surface area contributed by atoms with Gasteiger partial charge in [-0.15, -0.1) is 0 Å². The highest BCUT2D eigenvalue weighted by molar-refractivity contribution is 5.89. The number of nitrogens with one attached hydrogen (secondary N) is 1. The monoisotopic (exact) mass is 272 g/mol. The van der Waals surface area contributed by atoms with Gasteiger partial charge in [-0.1, -0.05) is 35.9 Å². The average molecular weight is 272 g/mol. The van der Waals surface area contributed by atoms with E-state index in [4.69, 9.17) is 5.73 Å². The maximum absolute atomic E-state index is 14.0. The van der Waals surface area contributed by atoms with E-state index in [2.05, 4.69) is 5.32 Å². The molecule has 0 heterocycles. The second-order valence-electron chi connectivity index (χ2n) is 4.96. The third kappa shape index (κ3) is 2.64. The Morgan fingerprint density at radius 2 is 1.75 bits per heavy atom. The van der Waals surface area contributed by atoms with Crippen molar-refractivity contribution < 1.29 is 9.18 Å². The quantitative estimate of drug-likeness (QED) is 0.899. The Balaban J connectivity index is 2.43. The zero-order chi connectivity index (χ0) is 14.8. The number of carbonyl (C=O) groups excluding carboxylic acids is 1. The minimum Gasteiger partial charge on any atom is -0.368 e. The molecule has 0 saturated heterocycles. The molecule has 1 atom stereocenters. The fourth-order valence-corrected chi connectivity index (χ4v) is 2.05. The van der Waals surface area contributed by atoms with E-state index in [1.807, 2.05) is 31.2 Å². The predicted octanol–water partition coefficient (Wildman–Crippen LogP) is 2.95. The van der Waals surface area contributed by atoms with Gasteiger partial charge in [0.1, 0.15) is 11.4 Å². The summed E-state index contributed by atoms with van der Waals surface area (Å²) in [5.41, 5.74) is 6.21. The van der Waals surface area contributed by atoms with Gasteiger partial charge in [0.15, 0.2) is 0 Å². The highest BCUT2D eigenvalue weighted by Crippen LogP contribution is 2.28. The van der Waals surface area contributed by atoms with E-state index in [9.17, 15) is 9.18 Å². The number of aryl methyl sites for hydroxylation is 1. The van der Waals surface area contributed by atoms with Crippen LogP contribution in [-0.4, -0.2) is 5.91 Å². The van der Waals surface area contributed by atoms with Crippen molar-refractivity contribution in [2.24, 2.45) is 5.73 Å². The summed E-state index contributed by atoms with van der Waals surface area (Å²) in [6.45, 7) is 3.54. The number of nitrogens with two attached hydrogens (primary N) is 1. The molecule has 0 saturated carbocycles. The molecule has 3 N–H and O–H groups in total. The molecule has 0 aromatic heterocycles. The first-order chi connectivity index (χ1) is 9.43. The largest absolute Gasteiger partial charge is 0.368 e. The number of halogens is 1. The molecular formula is C16H17FN2O. The molecule has 0 aliphatic carbocycles. The van der Waals surface area contributed by atoms with Crippen molar-refractivity contribution in [3.8, 4) is 0 Å². The van der Waals surface area contributed by atoms with Crippen molar-refractivity contribution in [1.82, 2.24) is 0 Å². The third-order valence-corrected chi connectivity index (χ3v) is 3.35. The van der Waals surface area contributed by atoms with E-state index in [-0.39, 0.29) is 5.56 Å². The highest BCUT2D eigenvalue weighted by Gasteiger charge is 2.35. The Morgan fingerprint density at radius 3 is 2.30 bits per heavy atom. The Kier molecular flexibility index (Phi) is 3.74. The molecule has 0 spiro atoms. The number of primary amides is 1. The molecule has 4 heteroatoms. The number of hydrogen-bond acceptors (Lipinski definition) is 2. The fourth-order valence-electron chi connectivity index (χ4n) is 2.05. The maximum atomic E-state index is 14.0. The summed E-state index contributed by atoms with van der Waals surface area (Å²) in [5, 5.41) is 3.02. The van der Waals surface area contributed by atoms with Crippen LogP contribution in [0.5, 0.6) is 0 Å². The van der Waals surface area contributed by atoms with Crippen LogP contribution in [0.15, 0.2) is 48.5 Å².